The molecule has 0 aliphatic carbocycles. The van der Waals surface area contributed by atoms with E-state index >= 15 is 0 Å². The van der Waals surface area contributed by atoms with Gasteiger partial charge in [0.1, 0.15) is 5.15 Å². The highest BCUT2D eigenvalue weighted by Gasteiger charge is 2.27. The summed E-state index contributed by atoms with van der Waals surface area (Å²) >= 11 is 5.66. The van der Waals surface area contributed by atoms with E-state index in [0.717, 1.165) is 19.4 Å². The van der Waals surface area contributed by atoms with Gasteiger partial charge in [0.25, 0.3) is 0 Å². The second-order valence-electron chi connectivity index (χ2n) is 4.26. The summed E-state index contributed by atoms with van der Waals surface area (Å²) in [5.41, 5.74) is 0.694. The molecule has 1 N–H and O–H groups in total. The van der Waals surface area contributed by atoms with E-state index in [1.807, 2.05) is 0 Å². The van der Waals surface area contributed by atoms with Crippen LogP contribution in [0.5, 0.6) is 0 Å². The van der Waals surface area contributed by atoms with Gasteiger partial charge in [0, 0.05) is 12.7 Å². The Bertz CT molecular complexity index is 467. The van der Waals surface area contributed by atoms with E-state index in [1.165, 1.54) is 6.20 Å². The summed E-state index contributed by atoms with van der Waals surface area (Å²) in [5, 5.41) is 3.23. The third-order valence-corrected chi connectivity index (χ3v) is 5.29. The van der Waals surface area contributed by atoms with Gasteiger partial charge in [0.05, 0.1) is 11.0 Å². The minimum Gasteiger partial charge on any atom is -0.315 e. The zero-order valence-corrected chi connectivity index (χ0v) is 11.0. The number of hydrogen-bond donors (Lipinski definition) is 1. The molecule has 0 aromatic carbocycles. The molecular formula is C11H15ClN2O2S. The van der Waals surface area contributed by atoms with Gasteiger partial charge in [0.2, 0.25) is 0 Å². The third kappa shape index (κ3) is 3.40. The zero-order valence-electron chi connectivity index (χ0n) is 9.39. The van der Waals surface area contributed by atoms with Crippen LogP contribution in [0.1, 0.15) is 18.4 Å². The number of hydrogen-bond acceptors (Lipinski definition) is 4. The standard InChI is InChI=1S/C11H15ClN2O2S/c12-11-4-3-9(6-14-11)8-17(15,16)10-2-1-5-13-7-10/h3-4,6,10,13H,1-2,5,7-8H2/t10-/m1/s1. The highest BCUT2D eigenvalue weighted by Crippen LogP contribution is 2.17. The number of nitrogens with zero attached hydrogens (tertiary/aromatic N) is 1. The molecule has 1 saturated heterocycles. The molecule has 0 radical (unpaired) electrons. The predicted octanol–water partition coefficient (Wildman–Crippen LogP) is 1.40. The quantitative estimate of drug-likeness (QED) is 0.847. The normalized spacial score (nSPS) is 21.4. The van der Waals surface area contributed by atoms with Gasteiger partial charge in [-0.05, 0) is 31.0 Å². The maximum absolute atomic E-state index is 12.1. The zero-order chi connectivity index (χ0) is 12.3. The maximum atomic E-state index is 12.1. The van der Waals surface area contributed by atoms with Gasteiger partial charge in [-0.25, -0.2) is 13.4 Å². The molecule has 17 heavy (non-hydrogen) atoms. The molecule has 1 aliphatic heterocycles. The van der Waals surface area contributed by atoms with E-state index in [4.69, 9.17) is 11.6 Å². The molecule has 1 aromatic heterocycles. The molecule has 1 aromatic rings. The Morgan fingerprint density at radius 2 is 2.29 bits per heavy atom. The van der Waals surface area contributed by atoms with Crippen LogP contribution in [0.15, 0.2) is 18.3 Å². The number of sulfone groups is 1. The molecule has 0 amide bonds. The fraction of sp³-hybridized carbons (Fsp3) is 0.545. The molecule has 2 rings (SSSR count). The van der Waals surface area contributed by atoms with Crippen LogP contribution in [-0.4, -0.2) is 31.7 Å². The molecule has 4 nitrogen and oxygen atoms in total. The number of halogens is 1. The maximum Gasteiger partial charge on any atom is 0.158 e. The van der Waals surface area contributed by atoms with Crippen molar-refractivity contribution in [3.05, 3.63) is 29.0 Å². The van der Waals surface area contributed by atoms with Crippen molar-refractivity contribution in [2.75, 3.05) is 13.1 Å². The highest BCUT2D eigenvalue weighted by atomic mass is 35.5. The van der Waals surface area contributed by atoms with Crippen LogP contribution in [0.25, 0.3) is 0 Å². The van der Waals surface area contributed by atoms with Crippen LogP contribution in [0.2, 0.25) is 5.15 Å². The minimum absolute atomic E-state index is 0.0452. The van der Waals surface area contributed by atoms with Crippen LogP contribution < -0.4 is 5.32 Å². The van der Waals surface area contributed by atoms with Crippen molar-refractivity contribution in [1.82, 2.24) is 10.3 Å². The fourth-order valence-corrected chi connectivity index (χ4v) is 3.85. The van der Waals surface area contributed by atoms with E-state index in [-0.39, 0.29) is 11.0 Å². The lowest BCUT2D eigenvalue weighted by atomic mass is 10.2. The van der Waals surface area contributed by atoms with E-state index in [9.17, 15) is 8.42 Å². The molecular weight excluding hydrogens is 260 g/mol. The lowest BCUT2D eigenvalue weighted by molar-refractivity contribution is 0.496. The van der Waals surface area contributed by atoms with Crippen molar-refractivity contribution in [1.29, 1.82) is 0 Å². The molecule has 0 saturated carbocycles. The Morgan fingerprint density at radius 1 is 1.47 bits per heavy atom. The van der Waals surface area contributed by atoms with Crippen LogP contribution in [0, 0.1) is 0 Å². The molecule has 2 heterocycles. The Balaban J connectivity index is 2.08. The van der Waals surface area contributed by atoms with Crippen molar-refractivity contribution in [2.24, 2.45) is 0 Å². The van der Waals surface area contributed by atoms with Gasteiger partial charge in [-0.2, -0.15) is 0 Å². The summed E-state index contributed by atoms with van der Waals surface area (Å²) in [4.78, 5) is 3.89. The van der Waals surface area contributed by atoms with E-state index < -0.39 is 9.84 Å². The van der Waals surface area contributed by atoms with Crippen molar-refractivity contribution in [3.63, 3.8) is 0 Å². The number of pyridine rings is 1. The average Bonchev–Trinajstić information content (AvgIpc) is 2.33. The van der Waals surface area contributed by atoms with Crippen LogP contribution >= 0.6 is 11.6 Å². The Morgan fingerprint density at radius 3 is 2.88 bits per heavy atom. The Hall–Kier alpha value is -0.650. The lowest BCUT2D eigenvalue weighted by Gasteiger charge is -2.22. The second kappa shape index (κ2) is 5.33. The van der Waals surface area contributed by atoms with Gasteiger partial charge < -0.3 is 5.32 Å². The van der Waals surface area contributed by atoms with Crippen molar-refractivity contribution < 1.29 is 8.42 Å². The molecule has 1 aliphatic rings. The summed E-state index contributed by atoms with van der Waals surface area (Å²) in [6.45, 7) is 1.47. The monoisotopic (exact) mass is 274 g/mol. The number of aromatic nitrogens is 1. The molecule has 1 atom stereocenters. The van der Waals surface area contributed by atoms with Crippen molar-refractivity contribution >= 4 is 21.4 Å². The first-order valence-corrected chi connectivity index (χ1v) is 7.70. The number of nitrogens with one attached hydrogen (secondary N) is 1. The van der Waals surface area contributed by atoms with Crippen LogP contribution in [0.3, 0.4) is 0 Å². The average molecular weight is 275 g/mol. The number of rotatable bonds is 3. The van der Waals surface area contributed by atoms with Crippen LogP contribution in [-0.2, 0) is 15.6 Å². The molecule has 1 fully saturated rings. The van der Waals surface area contributed by atoms with Gasteiger partial charge >= 0.3 is 0 Å². The van der Waals surface area contributed by atoms with Gasteiger partial charge in [-0.3, -0.25) is 0 Å². The highest BCUT2D eigenvalue weighted by molar-refractivity contribution is 7.91. The Labute approximate surface area is 106 Å². The largest absolute Gasteiger partial charge is 0.315 e. The summed E-state index contributed by atoms with van der Waals surface area (Å²) < 4.78 is 24.3. The third-order valence-electron chi connectivity index (χ3n) is 2.92. The minimum atomic E-state index is -3.09. The molecule has 0 unspecified atom stereocenters. The fourth-order valence-electron chi connectivity index (χ4n) is 1.97. The molecule has 94 valence electrons. The Kier molecular flexibility index (Phi) is 4.01. The second-order valence-corrected chi connectivity index (χ2v) is 6.93. The topological polar surface area (TPSA) is 59.1 Å². The van der Waals surface area contributed by atoms with Gasteiger partial charge in [-0.1, -0.05) is 17.7 Å². The summed E-state index contributed by atoms with van der Waals surface area (Å²) in [6, 6.07) is 3.33. The van der Waals surface area contributed by atoms with Gasteiger partial charge in [-0.15, -0.1) is 0 Å². The predicted molar refractivity (Wildman–Crippen MR) is 67.8 cm³/mol. The van der Waals surface area contributed by atoms with Crippen molar-refractivity contribution in [3.8, 4) is 0 Å². The van der Waals surface area contributed by atoms with Crippen LogP contribution in [0.4, 0.5) is 0 Å². The first-order chi connectivity index (χ1) is 8.08. The molecule has 0 spiro atoms. The summed E-state index contributed by atoms with van der Waals surface area (Å²) in [5.74, 6) is 0.0452. The smallest absolute Gasteiger partial charge is 0.158 e. The van der Waals surface area contributed by atoms with Gasteiger partial charge in [0.15, 0.2) is 9.84 Å². The van der Waals surface area contributed by atoms with E-state index in [2.05, 4.69) is 10.3 Å². The van der Waals surface area contributed by atoms with E-state index in [1.54, 1.807) is 12.1 Å². The van der Waals surface area contributed by atoms with E-state index in [0.29, 0.717) is 17.3 Å². The first kappa shape index (κ1) is 12.8. The molecule has 6 heteroatoms. The number of piperidine rings is 1. The first-order valence-electron chi connectivity index (χ1n) is 5.61. The summed E-state index contributed by atoms with van der Waals surface area (Å²) in [6.07, 6.45) is 3.19. The SMILES string of the molecule is O=S(=O)(Cc1ccc(Cl)nc1)[C@@H]1CCCNC1. The summed E-state index contributed by atoms with van der Waals surface area (Å²) in [7, 11) is -3.09. The molecule has 0 bridgehead atoms. The van der Waals surface area contributed by atoms with Crippen molar-refractivity contribution in [2.45, 2.75) is 23.8 Å². The lowest BCUT2D eigenvalue weighted by Crippen LogP contribution is -2.39.